The molecule has 0 radical (unpaired) electrons. The molecule has 2 atom stereocenters. The summed E-state index contributed by atoms with van der Waals surface area (Å²) in [6.07, 6.45) is -0.594. The van der Waals surface area contributed by atoms with Crippen molar-refractivity contribution in [3.05, 3.63) is 23.8 Å². The highest BCUT2D eigenvalue weighted by molar-refractivity contribution is 7.89. The molecular weight excluding hydrogens is 290 g/mol. The monoisotopic (exact) mass is 306 g/mol. The molecule has 2 N–H and O–H groups in total. The van der Waals surface area contributed by atoms with E-state index in [1.165, 1.54) is 0 Å². The zero-order valence-electron chi connectivity index (χ0n) is 11.1. The molecule has 1 heterocycles. The molecule has 0 amide bonds. The fourth-order valence-electron chi connectivity index (χ4n) is 2.21. The Morgan fingerprint density at radius 1 is 1.25 bits per heavy atom. The molecule has 1 fully saturated rings. The lowest BCUT2D eigenvalue weighted by molar-refractivity contribution is -0.0441. The minimum atomic E-state index is -4.07. The predicted molar refractivity (Wildman–Crippen MR) is 69.5 cm³/mol. The molecule has 1 aliphatic rings. The van der Waals surface area contributed by atoms with Crippen molar-refractivity contribution in [2.75, 3.05) is 18.8 Å². The topological polar surface area (TPSA) is 72.6 Å². The van der Waals surface area contributed by atoms with E-state index in [2.05, 4.69) is 0 Å². The first-order chi connectivity index (χ1) is 9.23. The number of nitrogen functional groups attached to an aromatic ring is 1. The number of nitrogens with zero attached hydrogens (tertiary/aromatic N) is 1. The molecule has 8 heteroatoms. The van der Waals surface area contributed by atoms with Gasteiger partial charge >= 0.3 is 0 Å². The van der Waals surface area contributed by atoms with Gasteiger partial charge in [0.2, 0.25) is 10.0 Å². The molecule has 1 aromatic rings. The first kappa shape index (κ1) is 15.1. The molecule has 0 unspecified atom stereocenters. The lowest BCUT2D eigenvalue weighted by Crippen LogP contribution is -2.48. The fourth-order valence-corrected chi connectivity index (χ4v) is 3.88. The molecule has 0 aromatic heterocycles. The Morgan fingerprint density at radius 2 is 1.80 bits per heavy atom. The lowest BCUT2D eigenvalue weighted by Gasteiger charge is -2.34. The van der Waals surface area contributed by atoms with Crippen molar-refractivity contribution in [3.63, 3.8) is 0 Å². The van der Waals surface area contributed by atoms with Gasteiger partial charge in [0.15, 0.2) is 5.82 Å². The Labute approximate surface area is 116 Å². The highest BCUT2D eigenvalue weighted by atomic mass is 32.2. The lowest BCUT2D eigenvalue weighted by atomic mass is 10.3. The van der Waals surface area contributed by atoms with Crippen LogP contribution in [0, 0.1) is 11.6 Å². The highest BCUT2D eigenvalue weighted by Gasteiger charge is 2.34. The SMILES string of the molecule is C[C@@H]1CN(S(=O)(=O)c2ccc(F)c(N)c2F)C[C@H](C)O1. The smallest absolute Gasteiger partial charge is 0.246 e. The van der Waals surface area contributed by atoms with E-state index >= 15 is 0 Å². The van der Waals surface area contributed by atoms with Crippen LogP contribution >= 0.6 is 0 Å². The Bertz CT molecular complexity index is 611. The molecule has 0 spiro atoms. The number of sulfonamides is 1. The molecule has 1 saturated heterocycles. The number of anilines is 1. The minimum absolute atomic E-state index is 0.114. The third-order valence-electron chi connectivity index (χ3n) is 3.10. The summed E-state index contributed by atoms with van der Waals surface area (Å²) < 4.78 is 58.4. The summed E-state index contributed by atoms with van der Waals surface area (Å²) >= 11 is 0. The van der Waals surface area contributed by atoms with E-state index in [1.807, 2.05) is 0 Å². The third kappa shape index (κ3) is 2.63. The van der Waals surface area contributed by atoms with Gasteiger partial charge in [-0.05, 0) is 26.0 Å². The Morgan fingerprint density at radius 3 is 2.35 bits per heavy atom. The number of nitrogens with two attached hydrogens (primary N) is 1. The first-order valence-electron chi connectivity index (χ1n) is 6.12. The second-order valence-corrected chi connectivity index (χ2v) is 6.76. The van der Waals surface area contributed by atoms with Crippen molar-refractivity contribution in [2.45, 2.75) is 31.0 Å². The van der Waals surface area contributed by atoms with E-state index in [4.69, 9.17) is 10.5 Å². The van der Waals surface area contributed by atoms with Crippen molar-refractivity contribution in [2.24, 2.45) is 0 Å². The number of rotatable bonds is 2. The third-order valence-corrected chi connectivity index (χ3v) is 4.94. The van der Waals surface area contributed by atoms with Crippen molar-refractivity contribution in [3.8, 4) is 0 Å². The van der Waals surface area contributed by atoms with Gasteiger partial charge < -0.3 is 10.5 Å². The normalized spacial score (nSPS) is 24.8. The van der Waals surface area contributed by atoms with Crippen LogP contribution in [-0.4, -0.2) is 38.0 Å². The zero-order valence-corrected chi connectivity index (χ0v) is 12.0. The Balaban J connectivity index is 2.43. The summed E-state index contributed by atoms with van der Waals surface area (Å²) in [5.41, 5.74) is 4.41. The fraction of sp³-hybridized carbons (Fsp3) is 0.500. The highest BCUT2D eigenvalue weighted by Crippen LogP contribution is 2.27. The molecule has 20 heavy (non-hydrogen) atoms. The van der Waals surface area contributed by atoms with Gasteiger partial charge in [-0.2, -0.15) is 4.31 Å². The molecule has 1 aromatic carbocycles. The number of morpholine rings is 1. The predicted octanol–water partition coefficient (Wildman–Crippen LogP) is 1.34. The number of hydrogen-bond acceptors (Lipinski definition) is 4. The van der Waals surface area contributed by atoms with Crippen LogP contribution in [0.2, 0.25) is 0 Å². The van der Waals surface area contributed by atoms with Crippen LogP contribution in [-0.2, 0) is 14.8 Å². The molecule has 112 valence electrons. The van der Waals surface area contributed by atoms with Crippen LogP contribution in [0.5, 0.6) is 0 Å². The number of benzene rings is 1. The Kier molecular flexibility index (Phi) is 3.99. The van der Waals surface area contributed by atoms with Crippen molar-refractivity contribution >= 4 is 15.7 Å². The van der Waals surface area contributed by atoms with Gasteiger partial charge in [-0.1, -0.05) is 0 Å². The van der Waals surface area contributed by atoms with Crippen LogP contribution in [0.3, 0.4) is 0 Å². The van der Waals surface area contributed by atoms with Gasteiger partial charge in [-0.3, -0.25) is 0 Å². The molecule has 0 saturated carbocycles. The number of ether oxygens (including phenoxy) is 1. The summed E-state index contributed by atoms with van der Waals surface area (Å²) in [7, 11) is -4.07. The average molecular weight is 306 g/mol. The molecule has 1 aliphatic heterocycles. The molecule has 0 aliphatic carbocycles. The summed E-state index contributed by atoms with van der Waals surface area (Å²) in [5, 5.41) is 0. The average Bonchev–Trinajstić information content (AvgIpc) is 2.34. The largest absolute Gasteiger partial charge is 0.394 e. The molecule has 5 nitrogen and oxygen atoms in total. The maximum absolute atomic E-state index is 13.9. The van der Waals surface area contributed by atoms with E-state index in [1.54, 1.807) is 13.8 Å². The summed E-state index contributed by atoms with van der Waals surface area (Å²) in [4.78, 5) is -0.613. The van der Waals surface area contributed by atoms with Crippen molar-refractivity contribution < 1.29 is 21.9 Å². The van der Waals surface area contributed by atoms with E-state index in [0.717, 1.165) is 16.4 Å². The second-order valence-electron chi connectivity index (χ2n) is 4.85. The van der Waals surface area contributed by atoms with Gasteiger partial charge in [-0.15, -0.1) is 0 Å². The van der Waals surface area contributed by atoms with Gasteiger partial charge in [-0.25, -0.2) is 17.2 Å². The van der Waals surface area contributed by atoms with Gasteiger partial charge in [0.05, 0.1) is 12.2 Å². The molecule has 0 bridgehead atoms. The number of halogens is 2. The van der Waals surface area contributed by atoms with Crippen LogP contribution in [0.4, 0.5) is 14.5 Å². The first-order valence-corrected chi connectivity index (χ1v) is 7.56. The quantitative estimate of drug-likeness (QED) is 0.837. The second kappa shape index (κ2) is 5.27. The van der Waals surface area contributed by atoms with Crippen LogP contribution in [0.1, 0.15) is 13.8 Å². The molecular formula is C12H16F2N2O3S. The van der Waals surface area contributed by atoms with Gasteiger partial charge in [0.1, 0.15) is 16.4 Å². The maximum atomic E-state index is 13.9. The maximum Gasteiger partial charge on any atom is 0.246 e. The molecule has 2 rings (SSSR count). The van der Waals surface area contributed by atoms with Crippen LogP contribution < -0.4 is 5.73 Å². The van der Waals surface area contributed by atoms with E-state index in [0.29, 0.717) is 0 Å². The van der Waals surface area contributed by atoms with Crippen LogP contribution in [0.25, 0.3) is 0 Å². The zero-order chi connectivity index (χ0) is 15.1. The minimum Gasteiger partial charge on any atom is -0.394 e. The van der Waals surface area contributed by atoms with Crippen molar-refractivity contribution in [1.29, 1.82) is 0 Å². The van der Waals surface area contributed by atoms with Crippen LogP contribution in [0.15, 0.2) is 17.0 Å². The summed E-state index contributed by atoms with van der Waals surface area (Å²) in [5.74, 6) is -2.23. The van der Waals surface area contributed by atoms with Gasteiger partial charge in [0.25, 0.3) is 0 Å². The van der Waals surface area contributed by atoms with E-state index < -0.39 is 32.2 Å². The summed E-state index contributed by atoms with van der Waals surface area (Å²) in [6.45, 7) is 3.69. The van der Waals surface area contributed by atoms with E-state index in [9.17, 15) is 17.2 Å². The van der Waals surface area contributed by atoms with E-state index in [-0.39, 0.29) is 25.3 Å². The Hall–Kier alpha value is -1.25. The standard InChI is InChI=1S/C12H16F2N2O3S/c1-7-5-16(6-8(2)19-7)20(17,18)10-4-3-9(13)12(15)11(10)14/h3-4,7-8H,5-6,15H2,1-2H3/t7-,8+. The summed E-state index contributed by atoms with van der Waals surface area (Å²) in [6, 6.07) is 1.74. The van der Waals surface area contributed by atoms with Gasteiger partial charge in [0, 0.05) is 13.1 Å². The van der Waals surface area contributed by atoms with Crippen molar-refractivity contribution in [1.82, 2.24) is 4.31 Å². The number of hydrogen-bond donors (Lipinski definition) is 1.